The molecule has 1 N–H and O–H groups in total. The molecule has 25 heavy (non-hydrogen) atoms. The van der Waals surface area contributed by atoms with Crippen molar-refractivity contribution in [3.05, 3.63) is 53.1 Å². The molecule has 0 radical (unpaired) electrons. The summed E-state index contributed by atoms with van der Waals surface area (Å²) in [5.74, 6) is 0.483. The molecular weight excluding hydrogens is 317 g/mol. The van der Waals surface area contributed by atoms with E-state index in [-0.39, 0.29) is 5.82 Å². The van der Waals surface area contributed by atoms with Crippen LogP contribution < -0.4 is 0 Å². The SMILES string of the molecule is Cn1ncc(C2CC2)c1CN1CCC(O)(Cc2ccc(F)cc2)CC1. The van der Waals surface area contributed by atoms with E-state index >= 15 is 0 Å². The van der Waals surface area contributed by atoms with Crippen LogP contribution in [0.4, 0.5) is 4.39 Å². The van der Waals surface area contributed by atoms with E-state index in [4.69, 9.17) is 0 Å². The van der Waals surface area contributed by atoms with Crippen molar-refractivity contribution in [2.24, 2.45) is 7.05 Å². The first-order valence-electron chi connectivity index (χ1n) is 9.22. The van der Waals surface area contributed by atoms with E-state index in [1.54, 1.807) is 12.1 Å². The number of halogens is 1. The number of aromatic nitrogens is 2. The highest BCUT2D eigenvalue weighted by molar-refractivity contribution is 5.26. The molecule has 5 heteroatoms. The highest BCUT2D eigenvalue weighted by Crippen LogP contribution is 2.42. The van der Waals surface area contributed by atoms with Gasteiger partial charge in [0.05, 0.1) is 17.5 Å². The van der Waals surface area contributed by atoms with Crippen molar-refractivity contribution in [2.45, 2.75) is 50.2 Å². The molecule has 1 saturated carbocycles. The Morgan fingerprint density at radius 3 is 2.52 bits per heavy atom. The van der Waals surface area contributed by atoms with Gasteiger partial charge in [-0.15, -0.1) is 0 Å². The summed E-state index contributed by atoms with van der Waals surface area (Å²) in [6.45, 7) is 2.68. The fraction of sp³-hybridized carbons (Fsp3) is 0.550. The fourth-order valence-electron chi connectivity index (χ4n) is 3.91. The minimum atomic E-state index is -0.680. The van der Waals surface area contributed by atoms with Crippen molar-refractivity contribution in [3.8, 4) is 0 Å². The summed E-state index contributed by atoms with van der Waals surface area (Å²) in [6, 6.07) is 6.49. The Hall–Kier alpha value is -1.72. The number of rotatable bonds is 5. The smallest absolute Gasteiger partial charge is 0.123 e. The molecule has 2 aromatic rings. The van der Waals surface area contributed by atoms with Gasteiger partial charge in [-0.25, -0.2) is 4.39 Å². The van der Waals surface area contributed by atoms with Crippen molar-refractivity contribution < 1.29 is 9.50 Å². The number of aryl methyl sites for hydroxylation is 1. The molecule has 0 bridgehead atoms. The van der Waals surface area contributed by atoms with E-state index in [1.807, 2.05) is 17.9 Å². The Labute approximate surface area is 148 Å². The number of aliphatic hydroxyl groups is 1. The maximum atomic E-state index is 13.0. The van der Waals surface area contributed by atoms with Gasteiger partial charge < -0.3 is 5.11 Å². The molecule has 2 heterocycles. The van der Waals surface area contributed by atoms with Gasteiger partial charge in [-0.05, 0) is 54.9 Å². The summed E-state index contributed by atoms with van der Waals surface area (Å²) >= 11 is 0. The number of nitrogens with zero attached hydrogens (tertiary/aromatic N) is 3. The molecule has 1 aromatic carbocycles. The molecular formula is C20H26FN3O. The van der Waals surface area contributed by atoms with Gasteiger partial charge in [0.2, 0.25) is 0 Å². The normalized spacial score (nSPS) is 20.8. The molecule has 2 aliphatic rings. The molecule has 1 aliphatic carbocycles. The predicted octanol–water partition coefficient (Wildman–Crippen LogP) is 3.01. The molecule has 1 saturated heterocycles. The number of hydrogen-bond acceptors (Lipinski definition) is 3. The van der Waals surface area contributed by atoms with Crippen molar-refractivity contribution in [1.82, 2.24) is 14.7 Å². The molecule has 2 fully saturated rings. The highest BCUT2D eigenvalue weighted by Gasteiger charge is 2.34. The third-order valence-corrected chi connectivity index (χ3v) is 5.72. The maximum Gasteiger partial charge on any atom is 0.123 e. The second kappa shape index (κ2) is 6.54. The van der Waals surface area contributed by atoms with Crippen LogP contribution in [0.3, 0.4) is 0 Å². The Kier molecular flexibility index (Phi) is 4.38. The van der Waals surface area contributed by atoms with Crippen LogP contribution in [0.15, 0.2) is 30.5 Å². The third kappa shape index (κ3) is 3.77. The lowest BCUT2D eigenvalue weighted by Crippen LogP contribution is -2.45. The van der Waals surface area contributed by atoms with Crippen LogP contribution in [0.25, 0.3) is 0 Å². The lowest BCUT2D eigenvalue weighted by atomic mass is 9.85. The van der Waals surface area contributed by atoms with E-state index in [9.17, 15) is 9.50 Å². The van der Waals surface area contributed by atoms with E-state index in [1.165, 1.54) is 36.2 Å². The largest absolute Gasteiger partial charge is 0.389 e. The summed E-state index contributed by atoms with van der Waals surface area (Å²) in [5.41, 5.74) is 3.06. The topological polar surface area (TPSA) is 41.3 Å². The third-order valence-electron chi connectivity index (χ3n) is 5.72. The summed E-state index contributed by atoms with van der Waals surface area (Å²) in [5, 5.41) is 15.4. The molecule has 0 atom stereocenters. The van der Waals surface area contributed by atoms with Gasteiger partial charge in [0.1, 0.15) is 5.82 Å². The van der Waals surface area contributed by atoms with E-state index in [2.05, 4.69) is 10.00 Å². The molecule has 4 nitrogen and oxygen atoms in total. The van der Waals surface area contributed by atoms with Crippen molar-refractivity contribution in [1.29, 1.82) is 0 Å². The van der Waals surface area contributed by atoms with Gasteiger partial charge in [-0.2, -0.15) is 5.10 Å². The monoisotopic (exact) mass is 343 g/mol. The van der Waals surface area contributed by atoms with Crippen LogP contribution in [-0.4, -0.2) is 38.5 Å². The summed E-state index contributed by atoms with van der Waals surface area (Å²) in [4.78, 5) is 2.42. The van der Waals surface area contributed by atoms with Crippen LogP contribution in [0.2, 0.25) is 0 Å². The van der Waals surface area contributed by atoms with E-state index in [0.29, 0.717) is 12.3 Å². The molecule has 134 valence electrons. The van der Waals surface area contributed by atoms with Gasteiger partial charge in [-0.3, -0.25) is 9.58 Å². The first-order chi connectivity index (χ1) is 12.0. The lowest BCUT2D eigenvalue weighted by Gasteiger charge is -2.38. The molecule has 0 unspecified atom stereocenters. The molecule has 1 aromatic heterocycles. The van der Waals surface area contributed by atoms with Crippen LogP contribution in [0, 0.1) is 5.82 Å². The zero-order chi connectivity index (χ0) is 17.4. The molecule has 0 spiro atoms. The quantitative estimate of drug-likeness (QED) is 0.907. The Morgan fingerprint density at radius 2 is 1.88 bits per heavy atom. The van der Waals surface area contributed by atoms with Gasteiger partial charge in [0.15, 0.2) is 0 Å². The average molecular weight is 343 g/mol. The number of piperidine rings is 1. The fourth-order valence-corrected chi connectivity index (χ4v) is 3.91. The maximum absolute atomic E-state index is 13.0. The highest BCUT2D eigenvalue weighted by atomic mass is 19.1. The molecule has 4 rings (SSSR count). The molecule has 0 amide bonds. The van der Waals surface area contributed by atoms with Gasteiger partial charge in [-0.1, -0.05) is 12.1 Å². The lowest BCUT2D eigenvalue weighted by molar-refractivity contribution is -0.0229. The second-order valence-corrected chi connectivity index (χ2v) is 7.75. The zero-order valence-corrected chi connectivity index (χ0v) is 14.8. The average Bonchev–Trinajstić information content (AvgIpc) is 3.37. The number of hydrogen-bond donors (Lipinski definition) is 1. The summed E-state index contributed by atoms with van der Waals surface area (Å²) < 4.78 is 15.0. The van der Waals surface area contributed by atoms with Gasteiger partial charge in [0.25, 0.3) is 0 Å². The van der Waals surface area contributed by atoms with Crippen LogP contribution in [0.1, 0.15) is 48.4 Å². The van der Waals surface area contributed by atoms with Crippen molar-refractivity contribution >= 4 is 0 Å². The summed E-state index contributed by atoms with van der Waals surface area (Å²) in [7, 11) is 2.02. The van der Waals surface area contributed by atoms with Crippen molar-refractivity contribution in [3.63, 3.8) is 0 Å². The Balaban J connectivity index is 1.36. The second-order valence-electron chi connectivity index (χ2n) is 7.75. The van der Waals surface area contributed by atoms with Crippen LogP contribution >= 0.6 is 0 Å². The number of benzene rings is 1. The minimum absolute atomic E-state index is 0.229. The summed E-state index contributed by atoms with van der Waals surface area (Å²) in [6.07, 6.45) is 6.70. The van der Waals surface area contributed by atoms with E-state index < -0.39 is 5.60 Å². The first kappa shape index (κ1) is 16.7. The van der Waals surface area contributed by atoms with Gasteiger partial charge in [0, 0.05) is 33.1 Å². The van der Waals surface area contributed by atoms with Crippen LogP contribution in [0.5, 0.6) is 0 Å². The zero-order valence-electron chi connectivity index (χ0n) is 14.8. The standard InChI is InChI=1S/C20H26FN3O/c1-23-19(18(13-22-23)16-4-5-16)14-24-10-8-20(25,9-11-24)12-15-2-6-17(21)7-3-15/h2-3,6-7,13,16,25H,4-5,8-12,14H2,1H3. The van der Waals surface area contributed by atoms with E-state index in [0.717, 1.165) is 38.0 Å². The predicted molar refractivity (Wildman–Crippen MR) is 94.7 cm³/mol. The molecule has 1 aliphatic heterocycles. The first-order valence-corrected chi connectivity index (χ1v) is 9.22. The Morgan fingerprint density at radius 1 is 1.20 bits per heavy atom. The van der Waals surface area contributed by atoms with Crippen molar-refractivity contribution in [2.75, 3.05) is 13.1 Å². The Bertz CT molecular complexity index is 728. The van der Waals surface area contributed by atoms with Crippen LogP contribution in [-0.2, 0) is 20.0 Å². The minimum Gasteiger partial charge on any atom is -0.389 e. The van der Waals surface area contributed by atoms with Gasteiger partial charge >= 0.3 is 0 Å². The number of likely N-dealkylation sites (tertiary alicyclic amines) is 1.